The summed E-state index contributed by atoms with van der Waals surface area (Å²) in [6.45, 7) is 0. The molecule has 4 rings (SSSR count). The van der Waals surface area contributed by atoms with E-state index in [2.05, 4.69) is 10.6 Å². The summed E-state index contributed by atoms with van der Waals surface area (Å²) in [6.07, 6.45) is -0.336. The number of hydrogen-bond donors (Lipinski definition) is 3. The van der Waals surface area contributed by atoms with E-state index >= 15 is 0 Å². The number of amides is 2. The number of aliphatic carboxylic acids is 1. The predicted octanol–water partition coefficient (Wildman–Crippen LogP) is 6.12. The summed E-state index contributed by atoms with van der Waals surface area (Å²) in [6, 6.07) is 30.4. The van der Waals surface area contributed by atoms with Crippen molar-refractivity contribution in [3.05, 3.63) is 103 Å². The summed E-state index contributed by atoms with van der Waals surface area (Å²) in [5.74, 6) is -1.55. The highest BCUT2D eigenvalue weighted by Crippen LogP contribution is 2.37. The second-order valence-corrected chi connectivity index (χ2v) is 9.07. The van der Waals surface area contributed by atoms with Crippen molar-refractivity contribution in [2.45, 2.75) is 23.0 Å². The summed E-state index contributed by atoms with van der Waals surface area (Å²) in [7, 11) is 0. The molecule has 0 radical (unpaired) electrons. The van der Waals surface area contributed by atoms with E-state index in [1.807, 2.05) is 78.9 Å². The molecular weight excluding hydrogens is 460 g/mol. The minimum Gasteiger partial charge on any atom is -0.481 e. The Labute approximate surface area is 207 Å². The van der Waals surface area contributed by atoms with Crippen molar-refractivity contribution in [2.24, 2.45) is 0 Å². The molecule has 0 aliphatic rings. The molecule has 4 aromatic rings. The van der Waals surface area contributed by atoms with Crippen LogP contribution in [0.5, 0.6) is 0 Å². The average molecular weight is 485 g/mol. The lowest BCUT2D eigenvalue weighted by Crippen LogP contribution is -2.19. The molecular formula is C28H24N2O4S. The van der Waals surface area contributed by atoms with Gasteiger partial charge in [-0.2, -0.15) is 0 Å². The quantitative estimate of drug-likeness (QED) is 0.249. The van der Waals surface area contributed by atoms with Crippen LogP contribution in [0.1, 0.15) is 23.7 Å². The fourth-order valence-electron chi connectivity index (χ4n) is 3.66. The van der Waals surface area contributed by atoms with Crippen molar-refractivity contribution in [2.75, 3.05) is 10.6 Å². The second kappa shape index (κ2) is 11.4. The lowest BCUT2D eigenvalue weighted by molar-refractivity contribution is -0.138. The summed E-state index contributed by atoms with van der Waals surface area (Å²) in [5, 5.41) is 16.1. The van der Waals surface area contributed by atoms with E-state index in [1.165, 1.54) is 11.8 Å². The molecule has 0 bridgehead atoms. The fraction of sp³-hybridized carbons (Fsp3) is 0.107. The van der Waals surface area contributed by atoms with Gasteiger partial charge in [0.1, 0.15) is 5.25 Å². The number of carbonyl (C=O) groups excluding carboxylic acids is 2. The van der Waals surface area contributed by atoms with Gasteiger partial charge in [0.15, 0.2) is 0 Å². The highest BCUT2D eigenvalue weighted by atomic mass is 32.2. The minimum atomic E-state index is -1.02. The molecule has 4 aromatic carbocycles. The predicted molar refractivity (Wildman–Crippen MR) is 140 cm³/mol. The third-order valence-corrected chi connectivity index (χ3v) is 6.57. The number of benzene rings is 4. The van der Waals surface area contributed by atoms with E-state index in [0.29, 0.717) is 5.69 Å². The topological polar surface area (TPSA) is 95.5 Å². The van der Waals surface area contributed by atoms with E-state index < -0.39 is 11.2 Å². The molecule has 176 valence electrons. The molecule has 0 aromatic heterocycles. The zero-order valence-electron chi connectivity index (χ0n) is 18.8. The normalized spacial score (nSPS) is 11.5. The Morgan fingerprint density at radius 3 is 2.29 bits per heavy atom. The first-order chi connectivity index (χ1) is 17.0. The van der Waals surface area contributed by atoms with Gasteiger partial charge in [-0.25, -0.2) is 0 Å². The Hall–Kier alpha value is -4.10. The summed E-state index contributed by atoms with van der Waals surface area (Å²) in [4.78, 5) is 37.1. The highest BCUT2D eigenvalue weighted by Gasteiger charge is 2.23. The number of rotatable bonds is 9. The Balaban J connectivity index is 1.56. The standard InChI is InChI=1S/C28H24N2O4S/c31-25(16-17-26(32)33)29-21-12-7-13-22(18-21)35-27(20-9-2-1-3-10-20)28(34)30-24-15-6-11-19-8-4-5-14-23(19)24/h1-15,18,27H,16-17H2,(H,29,31)(H,30,34)(H,32,33). The van der Waals surface area contributed by atoms with Crippen LogP contribution in [0.25, 0.3) is 10.8 Å². The van der Waals surface area contributed by atoms with Gasteiger partial charge in [-0.05, 0) is 35.2 Å². The number of anilines is 2. The van der Waals surface area contributed by atoms with E-state index in [-0.39, 0.29) is 24.7 Å². The van der Waals surface area contributed by atoms with Gasteiger partial charge in [0.05, 0.1) is 6.42 Å². The van der Waals surface area contributed by atoms with Gasteiger partial charge in [0, 0.05) is 28.1 Å². The monoisotopic (exact) mass is 484 g/mol. The lowest BCUT2D eigenvalue weighted by atomic mass is 10.1. The van der Waals surface area contributed by atoms with Crippen LogP contribution >= 0.6 is 11.8 Å². The Morgan fingerprint density at radius 2 is 1.49 bits per heavy atom. The second-order valence-electron chi connectivity index (χ2n) is 7.89. The van der Waals surface area contributed by atoms with Crippen molar-refractivity contribution in [3.63, 3.8) is 0 Å². The third-order valence-electron chi connectivity index (χ3n) is 5.33. The van der Waals surface area contributed by atoms with E-state index in [4.69, 9.17) is 5.11 Å². The molecule has 0 saturated carbocycles. The Bertz CT molecular complexity index is 1350. The summed E-state index contributed by atoms with van der Waals surface area (Å²) < 4.78 is 0. The number of hydrogen-bond acceptors (Lipinski definition) is 4. The zero-order valence-corrected chi connectivity index (χ0v) is 19.6. The molecule has 1 atom stereocenters. The maximum absolute atomic E-state index is 13.5. The van der Waals surface area contributed by atoms with E-state index in [0.717, 1.165) is 26.9 Å². The van der Waals surface area contributed by atoms with E-state index in [9.17, 15) is 14.4 Å². The number of nitrogens with one attached hydrogen (secondary N) is 2. The van der Waals surface area contributed by atoms with Crippen LogP contribution in [0.15, 0.2) is 102 Å². The van der Waals surface area contributed by atoms with E-state index in [1.54, 1.807) is 18.2 Å². The van der Waals surface area contributed by atoms with Gasteiger partial charge in [-0.1, -0.05) is 72.8 Å². The Kier molecular flexibility index (Phi) is 7.80. The van der Waals surface area contributed by atoms with Crippen LogP contribution in [0.4, 0.5) is 11.4 Å². The number of thioether (sulfide) groups is 1. The maximum Gasteiger partial charge on any atom is 0.303 e. The third kappa shape index (κ3) is 6.49. The molecule has 0 saturated heterocycles. The van der Waals surface area contributed by atoms with Crippen molar-refractivity contribution >= 4 is 51.7 Å². The lowest BCUT2D eigenvalue weighted by Gasteiger charge is -2.18. The molecule has 0 aliphatic carbocycles. The molecule has 3 N–H and O–H groups in total. The minimum absolute atomic E-state index is 0.104. The van der Waals surface area contributed by atoms with Crippen molar-refractivity contribution in [1.82, 2.24) is 0 Å². The molecule has 0 fully saturated rings. The van der Waals surface area contributed by atoms with Crippen molar-refractivity contribution in [1.29, 1.82) is 0 Å². The van der Waals surface area contributed by atoms with Gasteiger partial charge >= 0.3 is 5.97 Å². The number of carbonyl (C=O) groups is 3. The van der Waals surface area contributed by atoms with Crippen LogP contribution in [0, 0.1) is 0 Å². The molecule has 6 nitrogen and oxygen atoms in total. The first-order valence-electron chi connectivity index (χ1n) is 11.1. The van der Waals surface area contributed by atoms with Gasteiger partial charge in [-0.15, -0.1) is 11.8 Å². The largest absolute Gasteiger partial charge is 0.481 e. The molecule has 0 aliphatic heterocycles. The molecule has 0 spiro atoms. The zero-order chi connectivity index (χ0) is 24.6. The molecule has 1 unspecified atom stereocenters. The van der Waals surface area contributed by atoms with Gasteiger partial charge in [0.25, 0.3) is 0 Å². The van der Waals surface area contributed by atoms with Crippen LogP contribution in [0.3, 0.4) is 0 Å². The first kappa shape index (κ1) is 24.0. The molecule has 2 amide bonds. The SMILES string of the molecule is O=C(O)CCC(=O)Nc1cccc(SC(C(=O)Nc2cccc3ccccc23)c2ccccc2)c1. The first-order valence-corrected chi connectivity index (χ1v) is 12.0. The smallest absolute Gasteiger partial charge is 0.303 e. The van der Waals surface area contributed by atoms with Crippen LogP contribution in [-0.4, -0.2) is 22.9 Å². The molecule has 7 heteroatoms. The maximum atomic E-state index is 13.5. The van der Waals surface area contributed by atoms with Crippen molar-refractivity contribution in [3.8, 4) is 0 Å². The molecule has 35 heavy (non-hydrogen) atoms. The average Bonchev–Trinajstić information content (AvgIpc) is 2.87. The van der Waals surface area contributed by atoms with Gasteiger partial charge in [0.2, 0.25) is 11.8 Å². The van der Waals surface area contributed by atoms with Crippen LogP contribution < -0.4 is 10.6 Å². The van der Waals surface area contributed by atoms with Crippen LogP contribution in [-0.2, 0) is 14.4 Å². The summed E-state index contributed by atoms with van der Waals surface area (Å²) in [5.41, 5.74) is 2.15. The molecule has 0 heterocycles. The fourth-order valence-corrected chi connectivity index (χ4v) is 4.74. The number of carboxylic acid groups (broad SMARTS) is 1. The van der Waals surface area contributed by atoms with Crippen LogP contribution in [0.2, 0.25) is 0 Å². The number of carboxylic acids is 1. The Morgan fingerprint density at radius 1 is 0.771 bits per heavy atom. The van der Waals surface area contributed by atoms with Crippen molar-refractivity contribution < 1.29 is 19.5 Å². The summed E-state index contributed by atoms with van der Waals surface area (Å²) >= 11 is 1.38. The van der Waals surface area contributed by atoms with Gasteiger partial charge in [-0.3, -0.25) is 14.4 Å². The highest BCUT2D eigenvalue weighted by molar-refractivity contribution is 8.00. The van der Waals surface area contributed by atoms with Gasteiger partial charge < -0.3 is 15.7 Å². The number of fused-ring (bicyclic) bond motifs is 1.